The first-order valence-corrected chi connectivity index (χ1v) is 7.34. The third kappa shape index (κ3) is 3.25. The summed E-state index contributed by atoms with van der Waals surface area (Å²) in [5, 5.41) is 14.4. The van der Waals surface area contributed by atoms with E-state index in [2.05, 4.69) is 10.3 Å². The van der Waals surface area contributed by atoms with Crippen LogP contribution in [0, 0.1) is 11.6 Å². The van der Waals surface area contributed by atoms with Gasteiger partial charge in [0.05, 0.1) is 11.1 Å². The van der Waals surface area contributed by atoms with Gasteiger partial charge in [0.1, 0.15) is 17.7 Å². The lowest BCUT2D eigenvalue weighted by molar-refractivity contribution is 0.181. The van der Waals surface area contributed by atoms with Crippen LogP contribution in [-0.2, 0) is 0 Å². The van der Waals surface area contributed by atoms with E-state index >= 15 is 0 Å². The Hall–Kier alpha value is -2.24. The monoisotopic (exact) mass is 334 g/mol. The number of hydrogen-bond donors (Lipinski definition) is 2. The predicted molar refractivity (Wildman–Crippen MR) is 86.6 cm³/mol. The molecule has 0 saturated carbocycles. The summed E-state index contributed by atoms with van der Waals surface area (Å²) >= 11 is 5.93. The summed E-state index contributed by atoms with van der Waals surface area (Å²) in [6.45, 7) is -0.0421. The largest absolute Gasteiger partial charge is 0.386 e. The molecule has 0 fully saturated rings. The molecule has 0 bridgehead atoms. The van der Waals surface area contributed by atoms with Crippen molar-refractivity contribution >= 4 is 28.2 Å². The fraction of sp³-hybridized carbons (Fsp3) is 0.118. The number of hydrogen-bond acceptors (Lipinski definition) is 3. The number of benzene rings is 2. The second kappa shape index (κ2) is 6.48. The Bertz CT molecular complexity index is 837. The second-order valence-corrected chi connectivity index (χ2v) is 5.49. The van der Waals surface area contributed by atoms with Crippen LogP contribution >= 0.6 is 11.6 Å². The van der Waals surface area contributed by atoms with Crippen LogP contribution in [0.15, 0.2) is 48.7 Å². The molecule has 1 aromatic heterocycles. The predicted octanol–water partition coefficient (Wildman–Crippen LogP) is 4.31. The van der Waals surface area contributed by atoms with Gasteiger partial charge >= 0.3 is 0 Å². The molecular weight excluding hydrogens is 322 g/mol. The standard InChI is InChI=1S/C17H13ClF2N2O/c18-10-4-5-11-14(6-7-21-15(11)8-10)22-9-16(23)17-12(19)2-1-3-13(17)20/h1-8,16,23H,9H2,(H,21,22). The number of aromatic nitrogens is 1. The Labute approximate surface area is 136 Å². The Morgan fingerprint density at radius 3 is 2.61 bits per heavy atom. The van der Waals surface area contributed by atoms with Crippen LogP contribution in [0.2, 0.25) is 5.02 Å². The quantitative estimate of drug-likeness (QED) is 0.747. The number of rotatable bonds is 4. The first-order valence-electron chi connectivity index (χ1n) is 6.96. The highest BCUT2D eigenvalue weighted by Gasteiger charge is 2.17. The van der Waals surface area contributed by atoms with Crippen molar-refractivity contribution in [3.8, 4) is 0 Å². The number of nitrogens with zero attached hydrogens (tertiary/aromatic N) is 1. The number of halogens is 3. The van der Waals surface area contributed by atoms with Crippen LogP contribution in [0.3, 0.4) is 0 Å². The minimum Gasteiger partial charge on any atom is -0.386 e. The van der Waals surface area contributed by atoms with Crippen molar-refractivity contribution in [2.75, 3.05) is 11.9 Å². The molecule has 23 heavy (non-hydrogen) atoms. The van der Waals surface area contributed by atoms with Crippen LogP contribution in [0.5, 0.6) is 0 Å². The van der Waals surface area contributed by atoms with Gasteiger partial charge in [0.25, 0.3) is 0 Å². The Morgan fingerprint density at radius 1 is 1.13 bits per heavy atom. The number of aliphatic hydroxyl groups excluding tert-OH is 1. The highest BCUT2D eigenvalue weighted by atomic mass is 35.5. The van der Waals surface area contributed by atoms with Gasteiger partial charge in [0.2, 0.25) is 0 Å². The van der Waals surface area contributed by atoms with Crippen LogP contribution in [0.4, 0.5) is 14.5 Å². The Morgan fingerprint density at radius 2 is 1.87 bits per heavy atom. The van der Waals surface area contributed by atoms with Gasteiger partial charge in [0, 0.05) is 28.8 Å². The molecule has 0 aliphatic rings. The number of aliphatic hydroxyl groups is 1. The van der Waals surface area contributed by atoms with Gasteiger partial charge < -0.3 is 10.4 Å². The fourth-order valence-corrected chi connectivity index (χ4v) is 2.58. The van der Waals surface area contributed by atoms with Crippen molar-refractivity contribution in [1.29, 1.82) is 0 Å². The summed E-state index contributed by atoms with van der Waals surface area (Å²) < 4.78 is 27.3. The SMILES string of the molecule is OC(CNc1ccnc2cc(Cl)ccc12)c1c(F)cccc1F. The average Bonchev–Trinajstić information content (AvgIpc) is 2.52. The maximum Gasteiger partial charge on any atom is 0.132 e. The topological polar surface area (TPSA) is 45.1 Å². The normalized spacial score (nSPS) is 12.3. The van der Waals surface area contributed by atoms with E-state index in [1.54, 1.807) is 30.5 Å². The average molecular weight is 335 g/mol. The number of fused-ring (bicyclic) bond motifs is 1. The second-order valence-electron chi connectivity index (χ2n) is 5.05. The summed E-state index contributed by atoms with van der Waals surface area (Å²) in [4.78, 5) is 4.21. The lowest BCUT2D eigenvalue weighted by Crippen LogP contribution is -2.15. The molecule has 3 nitrogen and oxygen atoms in total. The lowest BCUT2D eigenvalue weighted by atomic mass is 10.1. The molecule has 2 aromatic carbocycles. The molecule has 1 unspecified atom stereocenters. The van der Waals surface area contributed by atoms with E-state index in [9.17, 15) is 13.9 Å². The molecule has 0 saturated heterocycles. The molecule has 3 rings (SSSR count). The smallest absolute Gasteiger partial charge is 0.132 e. The molecule has 0 spiro atoms. The minimum absolute atomic E-state index is 0.0421. The molecule has 1 heterocycles. The first-order chi connectivity index (χ1) is 11.1. The van der Waals surface area contributed by atoms with E-state index in [1.807, 2.05) is 0 Å². The fourth-order valence-electron chi connectivity index (χ4n) is 2.41. The molecule has 0 aliphatic heterocycles. The summed E-state index contributed by atoms with van der Waals surface area (Å²) in [6.07, 6.45) is 0.281. The molecule has 0 aliphatic carbocycles. The van der Waals surface area contributed by atoms with E-state index < -0.39 is 17.7 Å². The van der Waals surface area contributed by atoms with E-state index in [1.165, 1.54) is 6.07 Å². The molecular formula is C17H13ClF2N2O. The Balaban J connectivity index is 1.83. The molecule has 2 N–H and O–H groups in total. The molecule has 1 atom stereocenters. The van der Waals surface area contributed by atoms with E-state index in [-0.39, 0.29) is 12.1 Å². The molecule has 0 radical (unpaired) electrons. The summed E-state index contributed by atoms with van der Waals surface area (Å²) in [5.74, 6) is -1.55. The molecule has 3 aromatic rings. The van der Waals surface area contributed by atoms with Crippen LogP contribution in [-0.4, -0.2) is 16.6 Å². The van der Waals surface area contributed by atoms with Crippen molar-refractivity contribution in [3.05, 3.63) is 70.9 Å². The van der Waals surface area contributed by atoms with Crippen molar-refractivity contribution in [2.24, 2.45) is 0 Å². The van der Waals surface area contributed by atoms with Crippen molar-refractivity contribution in [1.82, 2.24) is 4.98 Å². The maximum absolute atomic E-state index is 13.7. The number of nitrogens with one attached hydrogen (secondary N) is 1. The Kier molecular flexibility index (Phi) is 4.41. The zero-order valence-corrected chi connectivity index (χ0v) is 12.7. The van der Waals surface area contributed by atoms with Gasteiger partial charge in [-0.3, -0.25) is 4.98 Å². The highest BCUT2D eigenvalue weighted by molar-refractivity contribution is 6.31. The number of anilines is 1. The maximum atomic E-state index is 13.7. The summed E-state index contributed by atoms with van der Waals surface area (Å²) in [7, 11) is 0. The van der Waals surface area contributed by atoms with Crippen LogP contribution in [0.1, 0.15) is 11.7 Å². The van der Waals surface area contributed by atoms with Crippen molar-refractivity contribution in [2.45, 2.75) is 6.10 Å². The number of pyridine rings is 1. The van der Waals surface area contributed by atoms with E-state index in [0.717, 1.165) is 17.5 Å². The van der Waals surface area contributed by atoms with Crippen molar-refractivity contribution < 1.29 is 13.9 Å². The molecule has 0 amide bonds. The van der Waals surface area contributed by atoms with E-state index in [0.29, 0.717) is 16.2 Å². The van der Waals surface area contributed by atoms with Gasteiger partial charge in [-0.1, -0.05) is 17.7 Å². The summed E-state index contributed by atoms with van der Waals surface area (Å²) in [5.41, 5.74) is 1.04. The minimum atomic E-state index is -1.31. The van der Waals surface area contributed by atoms with Crippen molar-refractivity contribution in [3.63, 3.8) is 0 Å². The van der Waals surface area contributed by atoms with Gasteiger partial charge in [-0.15, -0.1) is 0 Å². The van der Waals surface area contributed by atoms with Gasteiger partial charge in [0.15, 0.2) is 0 Å². The van der Waals surface area contributed by atoms with Gasteiger partial charge in [-0.25, -0.2) is 8.78 Å². The van der Waals surface area contributed by atoms with Gasteiger partial charge in [-0.2, -0.15) is 0 Å². The van der Waals surface area contributed by atoms with E-state index in [4.69, 9.17) is 11.6 Å². The van der Waals surface area contributed by atoms with Crippen LogP contribution in [0.25, 0.3) is 10.9 Å². The summed E-state index contributed by atoms with van der Waals surface area (Å²) in [6, 6.07) is 10.5. The highest BCUT2D eigenvalue weighted by Crippen LogP contribution is 2.26. The third-order valence-corrected chi connectivity index (χ3v) is 3.76. The first kappa shape index (κ1) is 15.6. The lowest BCUT2D eigenvalue weighted by Gasteiger charge is -2.15. The molecule has 6 heteroatoms. The van der Waals surface area contributed by atoms with Crippen LogP contribution < -0.4 is 5.32 Å². The molecule has 118 valence electrons. The zero-order chi connectivity index (χ0) is 16.4. The van der Waals surface area contributed by atoms with Gasteiger partial charge in [-0.05, 0) is 36.4 Å². The third-order valence-electron chi connectivity index (χ3n) is 3.52. The zero-order valence-electron chi connectivity index (χ0n) is 11.9.